The van der Waals surface area contributed by atoms with Crippen molar-refractivity contribution in [2.75, 3.05) is 0 Å². The van der Waals surface area contributed by atoms with Crippen molar-refractivity contribution in [3.05, 3.63) is 11.8 Å². The number of allylic oxidation sites excluding steroid dienone is 2. The van der Waals surface area contributed by atoms with Gasteiger partial charge in [0.2, 0.25) is 0 Å². The highest BCUT2D eigenvalue weighted by Crippen LogP contribution is 2.31. The summed E-state index contributed by atoms with van der Waals surface area (Å²) in [4.78, 5) is 9.00. The predicted octanol–water partition coefficient (Wildman–Crippen LogP) is 2.73. The molecule has 3 nitrogen and oxygen atoms in total. The minimum absolute atomic E-state index is 0.238. The van der Waals surface area contributed by atoms with Crippen molar-refractivity contribution in [1.82, 2.24) is 0 Å². The highest BCUT2D eigenvalue weighted by atomic mass is 16.4. The van der Waals surface area contributed by atoms with Gasteiger partial charge in [0.15, 0.2) is 0 Å². The second kappa shape index (κ2) is 4.90. The monoisotopic (exact) mass is 186 g/mol. The van der Waals surface area contributed by atoms with Crippen LogP contribution in [0.4, 0.5) is 0 Å². The lowest BCUT2D eigenvalue weighted by Crippen LogP contribution is -2.12. The van der Waals surface area contributed by atoms with Crippen molar-refractivity contribution in [2.24, 2.45) is 5.41 Å². The molecule has 3 heteroatoms. The van der Waals surface area contributed by atoms with Crippen molar-refractivity contribution in [2.45, 2.75) is 40.0 Å². The van der Waals surface area contributed by atoms with Gasteiger partial charge in [-0.2, -0.15) is 0 Å². The van der Waals surface area contributed by atoms with Crippen LogP contribution in [0.1, 0.15) is 40.0 Å². The van der Waals surface area contributed by atoms with Crippen molar-refractivity contribution in [1.29, 1.82) is 0 Å². The van der Waals surface area contributed by atoms with Gasteiger partial charge in [-0.3, -0.25) is 4.79 Å². The number of carbonyl (C=O) groups is 1. The molecule has 0 aromatic rings. The lowest BCUT2D eigenvalue weighted by Gasteiger charge is -2.24. The Labute approximate surface area is 79.1 Å². The van der Waals surface area contributed by atoms with Gasteiger partial charge in [0.25, 0.3) is 5.97 Å². The van der Waals surface area contributed by atoms with Crippen molar-refractivity contribution in [3.63, 3.8) is 0 Å². The Hall–Kier alpha value is -0.990. The van der Waals surface area contributed by atoms with E-state index < -0.39 is 5.97 Å². The predicted molar refractivity (Wildman–Crippen MR) is 51.7 cm³/mol. The first kappa shape index (κ1) is 12.0. The average molecular weight is 186 g/mol. The highest BCUT2D eigenvalue weighted by molar-refractivity contribution is 5.62. The molecule has 0 amide bonds. The Balaban J connectivity index is 0.000000310. The number of hydrogen-bond acceptors (Lipinski definition) is 2. The van der Waals surface area contributed by atoms with Gasteiger partial charge in [0.1, 0.15) is 0 Å². The molecule has 0 saturated heterocycles. The van der Waals surface area contributed by atoms with E-state index in [0.717, 1.165) is 19.8 Å². The zero-order valence-electron chi connectivity index (χ0n) is 8.50. The SMILES string of the molecule is CC(=O)O.CC1(C)C=C(O)CCC1. The third-order valence-corrected chi connectivity index (χ3v) is 1.81. The number of carboxylic acids is 1. The first-order valence-electron chi connectivity index (χ1n) is 4.44. The van der Waals surface area contributed by atoms with Crippen LogP contribution < -0.4 is 0 Å². The van der Waals surface area contributed by atoms with Crippen LogP contribution in [0.15, 0.2) is 11.8 Å². The number of rotatable bonds is 0. The molecule has 0 aliphatic heterocycles. The molecule has 0 radical (unpaired) electrons. The number of aliphatic hydroxyl groups excluding tert-OH is 1. The maximum atomic E-state index is 9.11. The lowest BCUT2D eigenvalue weighted by atomic mass is 9.82. The smallest absolute Gasteiger partial charge is 0.300 e. The van der Waals surface area contributed by atoms with Crippen LogP contribution in [0.3, 0.4) is 0 Å². The molecular formula is C10H18O3. The Bertz CT molecular complexity index is 200. The molecule has 2 N–H and O–H groups in total. The van der Waals surface area contributed by atoms with Crippen LogP contribution in [0.2, 0.25) is 0 Å². The largest absolute Gasteiger partial charge is 0.513 e. The summed E-state index contributed by atoms with van der Waals surface area (Å²) in [7, 11) is 0. The molecule has 13 heavy (non-hydrogen) atoms. The van der Waals surface area contributed by atoms with E-state index in [-0.39, 0.29) is 5.41 Å². The maximum absolute atomic E-state index is 9.11. The normalized spacial score (nSPS) is 19.5. The van der Waals surface area contributed by atoms with Gasteiger partial charge in [-0.15, -0.1) is 0 Å². The molecule has 0 fully saturated rings. The molecule has 1 aliphatic carbocycles. The summed E-state index contributed by atoms with van der Waals surface area (Å²) in [6.07, 6.45) is 5.19. The van der Waals surface area contributed by atoms with E-state index in [4.69, 9.17) is 15.0 Å². The molecule has 0 unspecified atom stereocenters. The summed E-state index contributed by atoms with van der Waals surface area (Å²) >= 11 is 0. The van der Waals surface area contributed by atoms with Gasteiger partial charge < -0.3 is 10.2 Å². The van der Waals surface area contributed by atoms with E-state index >= 15 is 0 Å². The van der Waals surface area contributed by atoms with E-state index in [1.54, 1.807) is 0 Å². The Morgan fingerprint density at radius 1 is 1.54 bits per heavy atom. The van der Waals surface area contributed by atoms with Crippen LogP contribution in [-0.4, -0.2) is 16.2 Å². The molecule has 1 rings (SSSR count). The van der Waals surface area contributed by atoms with E-state index in [2.05, 4.69) is 13.8 Å². The summed E-state index contributed by atoms with van der Waals surface area (Å²) in [6.45, 7) is 5.39. The Morgan fingerprint density at radius 3 is 2.23 bits per heavy atom. The van der Waals surface area contributed by atoms with Gasteiger partial charge >= 0.3 is 0 Å². The van der Waals surface area contributed by atoms with E-state index in [9.17, 15) is 0 Å². The minimum Gasteiger partial charge on any atom is -0.513 e. The third-order valence-electron chi connectivity index (χ3n) is 1.81. The second-order valence-electron chi connectivity index (χ2n) is 4.00. The van der Waals surface area contributed by atoms with Crippen LogP contribution in [-0.2, 0) is 4.79 Å². The van der Waals surface area contributed by atoms with Gasteiger partial charge in [-0.05, 0) is 24.3 Å². The van der Waals surface area contributed by atoms with Gasteiger partial charge in [-0.1, -0.05) is 13.8 Å². The fourth-order valence-corrected chi connectivity index (χ4v) is 1.32. The zero-order valence-corrected chi connectivity index (χ0v) is 8.50. The first-order valence-corrected chi connectivity index (χ1v) is 4.44. The van der Waals surface area contributed by atoms with Crippen LogP contribution in [0.25, 0.3) is 0 Å². The molecule has 0 aromatic carbocycles. The summed E-state index contributed by atoms with van der Waals surface area (Å²) in [5.74, 6) is -0.258. The molecule has 0 bridgehead atoms. The van der Waals surface area contributed by atoms with Crippen LogP contribution >= 0.6 is 0 Å². The molecule has 0 saturated carbocycles. The highest BCUT2D eigenvalue weighted by Gasteiger charge is 2.19. The second-order valence-corrected chi connectivity index (χ2v) is 4.00. The molecule has 0 atom stereocenters. The number of carboxylic acid groups (broad SMARTS) is 1. The standard InChI is InChI=1S/C8H14O.C2H4O2/c1-8(2)5-3-4-7(9)6-8;1-2(3)4/h6,9H,3-5H2,1-2H3;1H3,(H,3,4). The van der Waals surface area contributed by atoms with Crippen molar-refractivity contribution >= 4 is 5.97 Å². The number of aliphatic carboxylic acids is 1. The first-order chi connectivity index (χ1) is 5.83. The topological polar surface area (TPSA) is 57.5 Å². The van der Waals surface area contributed by atoms with Crippen LogP contribution in [0.5, 0.6) is 0 Å². The molecule has 0 aromatic heterocycles. The van der Waals surface area contributed by atoms with Crippen molar-refractivity contribution in [3.8, 4) is 0 Å². The molecular weight excluding hydrogens is 168 g/mol. The minimum atomic E-state index is -0.833. The van der Waals surface area contributed by atoms with E-state index in [1.165, 1.54) is 6.42 Å². The molecule has 1 aliphatic rings. The summed E-state index contributed by atoms with van der Waals surface area (Å²) in [5, 5.41) is 16.5. The molecule has 76 valence electrons. The van der Waals surface area contributed by atoms with E-state index in [1.807, 2.05) is 6.08 Å². The van der Waals surface area contributed by atoms with Gasteiger partial charge in [0, 0.05) is 13.3 Å². The summed E-state index contributed by atoms with van der Waals surface area (Å²) < 4.78 is 0. The van der Waals surface area contributed by atoms with Crippen LogP contribution in [0, 0.1) is 5.41 Å². The molecule has 0 spiro atoms. The van der Waals surface area contributed by atoms with Gasteiger partial charge in [-0.25, -0.2) is 0 Å². The Morgan fingerprint density at radius 2 is 2.00 bits per heavy atom. The third kappa shape index (κ3) is 7.37. The molecule has 0 heterocycles. The van der Waals surface area contributed by atoms with Gasteiger partial charge in [0.05, 0.1) is 5.76 Å². The summed E-state index contributed by atoms with van der Waals surface area (Å²) in [6, 6.07) is 0. The number of hydrogen-bond donors (Lipinski definition) is 2. The fraction of sp³-hybridized carbons (Fsp3) is 0.700. The lowest BCUT2D eigenvalue weighted by molar-refractivity contribution is -0.134. The van der Waals surface area contributed by atoms with E-state index in [0.29, 0.717) is 5.76 Å². The number of aliphatic hydroxyl groups is 1. The zero-order chi connectivity index (χ0) is 10.5. The Kier molecular flexibility index (Phi) is 4.52. The summed E-state index contributed by atoms with van der Waals surface area (Å²) in [5.41, 5.74) is 0.238. The average Bonchev–Trinajstić information content (AvgIpc) is 1.81. The fourth-order valence-electron chi connectivity index (χ4n) is 1.32. The maximum Gasteiger partial charge on any atom is 0.300 e. The quantitative estimate of drug-likeness (QED) is 0.611. The van der Waals surface area contributed by atoms with Crippen molar-refractivity contribution < 1.29 is 15.0 Å².